The Kier molecular flexibility index (Phi) is 7.21. The fraction of sp³-hybridized carbons (Fsp3) is 0.550. The maximum absolute atomic E-state index is 5.47. The number of aromatic nitrogens is 3. The van der Waals surface area contributed by atoms with E-state index in [4.69, 9.17) is 9.73 Å². The first-order valence-electron chi connectivity index (χ1n) is 9.76. The molecule has 1 aromatic carbocycles. The fourth-order valence-corrected chi connectivity index (χ4v) is 3.06. The zero-order valence-corrected chi connectivity index (χ0v) is 16.3. The Morgan fingerprint density at radius 3 is 2.89 bits per heavy atom. The third-order valence-corrected chi connectivity index (χ3v) is 4.78. The predicted molar refractivity (Wildman–Crippen MR) is 107 cm³/mol. The van der Waals surface area contributed by atoms with Crippen LogP contribution in [0.1, 0.15) is 30.3 Å². The van der Waals surface area contributed by atoms with Crippen LogP contribution in [0.15, 0.2) is 35.6 Å². The van der Waals surface area contributed by atoms with Gasteiger partial charge in [-0.3, -0.25) is 0 Å². The zero-order valence-electron chi connectivity index (χ0n) is 16.3. The van der Waals surface area contributed by atoms with Crippen molar-refractivity contribution in [1.82, 2.24) is 25.4 Å². The normalized spacial score (nSPS) is 17.3. The van der Waals surface area contributed by atoms with E-state index >= 15 is 0 Å². The standard InChI is InChI=1S/C20H30N6O/c1-3-19-25-24-15-26(19)10-9-21-20(23-13-18-8-11-27-14-18)22-12-17-6-4-16(2)5-7-17/h4-7,15,18H,3,8-14H2,1-2H3,(H2,21,22,23). The van der Waals surface area contributed by atoms with E-state index < -0.39 is 0 Å². The van der Waals surface area contributed by atoms with Crippen molar-refractivity contribution in [3.05, 3.63) is 47.5 Å². The molecule has 0 radical (unpaired) electrons. The van der Waals surface area contributed by atoms with Crippen molar-refractivity contribution >= 4 is 5.96 Å². The van der Waals surface area contributed by atoms with Gasteiger partial charge < -0.3 is 19.9 Å². The molecule has 146 valence electrons. The van der Waals surface area contributed by atoms with E-state index in [0.717, 1.165) is 57.5 Å². The summed E-state index contributed by atoms with van der Waals surface area (Å²) in [4.78, 5) is 4.76. The van der Waals surface area contributed by atoms with Crippen molar-refractivity contribution in [3.8, 4) is 0 Å². The molecule has 0 aliphatic carbocycles. The Labute approximate surface area is 161 Å². The average molecular weight is 371 g/mol. The molecule has 27 heavy (non-hydrogen) atoms. The molecule has 3 rings (SSSR count). The van der Waals surface area contributed by atoms with Crippen LogP contribution in [0.4, 0.5) is 0 Å². The first kappa shape index (κ1) is 19.4. The van der Waals surface area contributed by atoms with Gasteiger partial charge in [-0.15, -0.1) is 10.2 Å². The molecule has 2 N–H and O–H groups in total. The van der Waals surface area contributed by atoms with Crippen molar-refractivity contribution in [3.63, 3.8) is 0 Å². The van der Waals surface area contributed by atoms with Crippen LogP contribution in [-0.4, -0.2) is 47.0 Å². The second kappa shape index (κ2) is 10.1. The van der Waals surface area contributed by atoms with Gasteiger partial charge in [-0.05, 0) is 18.9 Å². The van der Waals surface area contributed by atoms with E-state index in [1.807, 2.05) is 0 Å². The number of ether oxygens (including phenoxy) is 1. The number of aliphatic imine (C=N–C) groups is 1. The van der Waals surface area contributed by atoms with Crippen LogP contribution in [0.25, 0.3) is 0 Å². The maximum atomic E-state index is 5.47. The molecule has 1 aromatic heterocycles. The lowest BCUT2D eigenvalue weighted by molar-refractivity contribution is 0.186. The molecule has 1 saturated heterocycles. The van der Waals surface area contributed by atoms with Crippen LogP contribution < -0.4 is 10.6 Å². The van der Waals surface area contributed by atoms with E-state index in [2.05, 4.69) is 63.5 Å². The van der Waals surface area contributed by atoms with Gasteiger partial charge in [0.1, 0.15) is 12.2 Å². The van der Waals surface area contributed by atoms with Crippen LogP contribution in [0.2, 0.25) is 0 Å². The summed E-state index contributed by atoms with van der Waals surface area (Å²) in [6, 6.07) is 8.51. The molecule has 7 heteroatoms. The maximum Gasteiger partial charge on any atom is 0.191 e. The van der Waals surface area contributed by atoms with E-state index in [9.17, 15) is 0 Å². The Bertz CT molecular complexity index is 718. The smallest absolute Gasteiger partial charge is 0.191 e. The summed E-state index contributed by atoms with van der Waals surface area (Å²) in [5.74, 6) is 2.40. The molecular formula is C20H30N6O. The zero-order chi connectivity index (χ0) is 18.9. The van der Waals surface area contributed by atoms with Crippen LogP contribution in [0, 0.1) is 12.8 Å². The summed E-state index contributed by atoms with van der Waals surface area (Å²) in [6.45, 7) is 9.01. The number of nitrogens with one attached hydrogen (secondary N) is 2. The van der Waals surface area contributed by atoms with Gasteiger partial charge in [0.25, 0.3) is 0 Å². The number of rotatable bonds is 8. The molecule has 0 amide bonds. The molecule has 7 nitrogen and oxygen atoms in total. The molecule has 1 unspecified atom stereocenters. The largest absolute Gasteiger partial charge is 0.381 e. The topological polar surface area (TPSA) is 76.4 Å². The number of benzene rings is 1. The third kappa shape index (κ3) is 6.06. The van der Waals surface area contributed by atoms with Gasteiger partial charge in [-0.1, -0.05) is 36.8 Å². The Hall–Kier alpha value is -2.41. The first-order valence-corrected chi connectivity index (χ1v) is 9.76. The number of hydrogen-bond donors (Lipinski definition) is 2. The van der Waals surface area contributed by atoms with Crippen molar-refractivity contribution in [2.75, 3.05) is 26.3 Å². The first-order chi connectivity index (χ1) is 13.2. The quantitative estimate of drug-likeness (QED) is 0.548. The van der Waals surface area contributed by atoms with E-state index in [1.165, 1.54) is 11.1 Å². The highest BCUT2D eigenvalue weighted by atomic mass is 16.5. The highest BCUT2D eigenvalue weighted by molar-refractivity contribution is 5.79. The average Bonchev–Trinajstić information content (AvgIpc) is 3.36. The molecule has 1 atom stereocenters. The minimum absolute atomic E-state index is 0.556. The van der Waals surface area contributed by atoms with Gasteiger partial charge >= 0.3 is 0 Å². The van der Waals surface area contributed by atoms with Crippen LogP contribution >= 0.6 is 0 Å². The molecular weight excluding hydrogens is 340 g/mol. The lowest BCUT2D eigenvalue weighted by Gasteiger charge is -2.15. The number of aryl methyl sites for hydroxylation is 2. The summed E-state index contributed by atoms with van der Waals surface area (Å²) in [6.07, 6.45) is 3.78. The summed E-state index contributed by atoms with van der Waals surface area (Å²) in [5, 5.41) is 15.0. The van der Waals surface area contributed by atoms with E-state index in [0.29, 0.717) is 12.5 Å². The highest BCUT2D eigenvalue weighted by Crippen LogP contribution is 2.10. The third-order valence-electron chi connectivity index (χ3n) is 4.78. The second-order valence-corrected chi connectivity index (χ2v) is 6.98. The molecule has 1 fully saturated rings. The molecule has 2 heterocycles. The van der Waals surface area contributed by atoms with E-state index in [1.54, 1.807) is 6.33 Å². The van der Waals surface area contributed by atoms with Gasteiger partial charge in [-0.2, -0.15) is 0 Å². The number of hydrogen-bond acceptors (Lipinski definition) is 4. The van der Waals surface area contributed by atoms with Gasteiger partial charge in [0, 0.05) is 38.6 Å². The number of guanidine groups is 1. The SMILES string of the molecule is CCc1nncn1CCNC(=NCc1ccc(C)cc1)NCC1CCOC1. The fourth-order valence-electron chi connectivity index (χ4n) is 3.06. The van der Waals surface area contributed by atoms with E-state index in [-0.39, 0.29) is 0 Å². The number of nitrogens with zero attached hydrogens (tertiary/aromatic N) is 4. The van der Waals surface area contributed by atoms with Gasteiger partial charge in [0.05, 0.1) is 13.2 Å². The highest BCUT2D eigenvalue weighted by Gasteiger charge is 2.15. The van der Waals surface area contributed by atoms with Gasteiger partial charge in [-0.25, -0.2) is 4.99 Å². The molecule has 2 aromatic rings. The molecule has 0 spiro atoms. The molecule has 0 saturated carbocycles. The van der Waals surface area contributed by atoms with Gasteiger partial charge in [0.15, 0.2) is 5.96 Å². The molecule has 1 aliphatic rings. The summed E-state index contributed by atoms with van der Waals surface area (Å²) in [5.41, 5.74) is 2.47. The Morgan fingerprint density at radius 1 is 1.30 bits per heavy atom. The van der Waals surface area contributed by atoms with Crippen molar-refractivity contribution in [1.29, 1.82) is 0 Å². The monoisotopic (exact) mass is 370 g/mol. The van der Waals surface area contributed by atoms with Crippen LogP contribution in [0.5, 0.6) is 0 Å². The second-order valence-electron chi connectivity index (χ2n) is 6.98. The van der Waals surface area contributed by atoms with Gasteiger partial charge in [0.2, 0.25) is 0 Å². The molecule has 1 aliphatic heterocycles. The summed E-state index contributed by atoms with van der Waals surface area (Å²) in [7, 11) is 0. The van der Waals surface area contributed by atoms with Crippen molar-refractivity contribution < 1.29 is 4.74 Å². The Morgan fingerprint density at radius 2 is 2.15 bits per heavy atom. The summed E-state index contributed by atoms with van der Waals surface area (Å²) < 4.78 is 7.55. The lowest BCUT2D eigenvalue weighted by Crippen LogP contribution is -2.41. The van der Waals surface area contributed by atoms with Crippen molar-refractivity contribution in [2.24, 2.45) is 10.9 Å². The predicted octanol–water partition coefficient (Wildman–Crippen LogP) is 1.92. The summed E-state index contributed by atoms with van der Waals surface area (Å²) >= 11 is 0. The van der Waals surface area contributed by atoms with Crippen molar-refractivity contribution in [2.45, 2.75) is 39.8 Å². The molecule has 0 bridgehead atoms. The minimum atomic E-state index is 0.556. The Balaban J connectivity index is 1.55. The minimum Gasteiger partial charge on any atom is -0.381 e. The lowest BCUT2D eigenvalue weighted by atomic mass is 10.1. The van der Waals surface area contributed by atoms with Crippen LogP contribution in [-0.2, 0) is 24.2 Å². The van der Waals surface area contributed by atoms with Crippen LogP contribution in [0.3, 0.4) is 0 Å².